The van der Waals surface area contributed by atoms with Crippen LogP contribution in [-0.4, -0.2) is 35.5 Å². The van der Waals surface area contributed by atoms with Gasteiger partial charge in [-0.1, -0.05) is 25.1 Å². The van der Waals surface area contributed by atoms with Crippen LogP contribution in [0, 0.1) is 29.3 Å². The Morgan fingerprint density at radius 1 is 1.10 bits per heavy atom. The highest BCUT2D eigenvalue weighted by Gasteiger charge is 2.55. The van der Waals surface area contributed by atoms with Crippen molar-refractivity contribution < 1.29 is 31.1 Å². The number of amides is 1. The Hall–Kier alpha value is -2.51. The Balaban J connectivity index is 1.65. The molecule has 0 bridgehead atoms. The third-order valence-corrected chi connectivity index (χ3v) is 6.46. The third-order valence-electron chi connectivity index (χ3n) is 6.46. The minimum atomic E-state index is -3.16. The van der Waals surface area contributed by atoms with Crippen LogP contribution in [0.2, 0.25) is 0 Å². The van der Waals surface area contributed by atoms with E-state index in [1.54, 1.807) is 0 Å². The van der Waals surface area contributed by atoms with Crippen molar-refractivity contribution in [3.63, 3.8) is 0 Å². The maximum atomic E-state index is 15.2. The van der Waals surface area contributed by atoms with Gasteiger partial charge in [-0.15, -0.1) is 0 Å². The van der Waals surface area contributed by atoms with Crippen molar-refractivity contribution in [2.24, 2.45) is 11.8 Å². The molecule has 0 aromatic heterocycles. The molecule has 0 radical (unpaired) electrons. The number of carbonyl (C=O) groups excluding carboxylic acids is 1. The lowest BCUT2D eigenvalue weighted by molar-refractivity contribution is -0.142. The molecule has 1 aliphatic heterocycles. The Kier molecular flexibility index (Phi) is 5.52. The smallest absolute Gasteiger partial charge is 0.269 e. The molecule has 0 unspecified atom stereocenters. The molecule has 8 heteroatoms. The van der Waals surface area contributed by atoms with Crippen LogP contribution in [0.5, 0.6) is 0 Å². The number of hydrogen-bond acceptors (Lipinski definition) is 1. The molecule has 166 valence electrons. The van der Waals surface area contributed by atoms with Crippen molar-refractivity contribution in [2.45, 2.75) is 44.3 Å². The molecule has 2 aromatic carbocycles. The summed E-state index contributed by atoms with van der Waals surface area (Å²) >= 11 is 0. The van der Waals surface area contributed by atoms with Crippen molar-refractivity contribution >= 4 is 5.91 Å². The van der Waals surface area contributed by atoms with E-state index in [1.165, 1.54) is 25.1 Å². The zero-order valence-electron chi connectivity index (χ0n) is 16.7. The second kappa shape index (κ2) is 7.88. The van der Waals surface area contributed by atoms with Gasteiger partial charge in [0.15, 0.2) is 0 Å². The van der Waals surface area contributed by atoms with E-state index in [-0.39, 0.29) is 36.0 Å². The quantitative estimate of drug-likeness (QED) is 0.571. The van der Waals surface area contributed by atoms with Crippen molar-refractivity contribution in [2.75, 3.05) is 6.54 Å². The summed E-state index contributed by atoms with van der Waals surface area (Å²) in [5.41, 5.74) is -0.449. The van der Waals surface area contributed by atoms with E-state index in [2.05, 4.69) is 0 Å². The molecule has 1 saturated carbocycles. The van der Waals surface area contributed by atoms with Crippen molar-refractivity contribution in [1.82, 2.24) is 4.90 Å². The molecular weight excluding hydrogens is 420 g/mol. The molecule has 31 heavy (non-hydrogen) atoms. The van der Waals surface area contributed by atoms with Crippen LogP contribution in [0.4, 0.5) is 26.3 Å². The van der Waals surface area contributed by atoms with Gasteiger partial charge in [0.25, 0.3) is 5.92 Å². The summed E-state index contributed by atoms with van der Waals surface area (Å²) in [4.78, 5) is 13.7. The number of likely N-dealkylation sites (tertiary alicyclic amines) is 1. The second-order valence-electron chi connectivity index (χ2n) is 8.46. The van der Waals surface area contributed by atoms with Crippen molar-refractivity contribution in [3.05, 3.63) is 59.4 Å². The summed E-state index contributed by atoms with van der Waals surface area (Å²) in [7, 11) is 0. The van der Waals surface area contributed by atoms with Crippen molar-refractivity contribution in [3.8, 4) is 11.1 Å². The van der Waals surface area contributed by atoms with E-state index in [9.17, 15) is 26.7 Å². The Labute approximate surface area is 175 Å². The lowest BCUT2D eigenvalue weighted by Crippen LogP contribution is -2.46. The molecular formula is C23H21F6NO. The highest BCUT2D eigenvalue weighted by molar-refractivity contribution is 5.81. The van der Waals surface area contributed by atoms with Crippen LogP contribution in [0.25, 0.3) is 11.1 Å². The van der Waals surface area contributed by atoms with Gasteiger partial charge in [-0.25, -0.2) is 26.3 Å². The first-order chi connectivity index (χ1) is 14.6. The van der Waals surface area contributed by atoms with E-state index in [4.69, 9.17) is 0 Å². The number of halogens is 6. The summed E-state index contributed by atoms with van der Waals surface area (Å²) in [6.45, 7) is 0.496. The summed E-state index contributed by atoms with van der Waals surface area (Å²) < 4.78 is 85.0. The van der Waals surface area contributed by atoms with Crippen LogP contribution in [0.15, 0.2) is 36.4 Å². The number of hydrogen-bond donors (Lipinski definition) is 0. The fraction of sp³-hybridized carbons (Fsp3) is 0.435. The highest BCUT2D eigenvalue weighted by Crippen LogP contribution is 2.42. The van der Waals surface area contributed by atoms with Gasteiger partial charge in [0.05, 0.1) is 6.54 Å². The standard InChI is InChI=1S/C23H21F6NO/c1-12-20(30(11-23(12,28)29)22(31)14-7-16(25)8-14)9-13-3-2-4-17(21(13)27)18-10-15(24)5-6-19(18)26/h2-6,10,12,14,16,20H,7-9,11H2,1H3/t12-,14-,16+,20+/m1/s1. The predicted molar refractivity (Wildman–Crippen MR) is 103 cm³/mol. The summed E-state index contributed by atoms with van der Waals surface area (Å²) in [6.07, 6.45) is -1.32. The molecule has 0 N–H and O–H groups in total. The molecule has 2 nitrogen and oxygen atoms in total. The SMILES string of the molecule is C[C@@H]1[C@H](Cc2cccc(-c3cc(F)ccc3F)c2F)N(C(=O)[C@H]2C[C@@H](F)C2)CC1(F)F. The summed E-state index contributed by atoms with van der Waals surface area (Å²) in [5, 5.41) is 0. The van der Waals surface area contributed by atoms with Crippen molar-refractivity contribution in [1.29, 1.82) is 0 Å². The van der Waals surface area contributed by atoms with Gasteiger partial charge in [-0.2, -0.15) is 0 Å². The maximum absolute atomic E-state index is 15.2. The topological polar surface area (TPSA) is 20.3 Å². The van der Waals surface area contributed by atoms with E-state index in [1.807, 2.05) is 0 Å². The largest absolute Gasteiger partial charge is 0.333 e. The first-order valence-electron chi connectivity index (χ1n) is 10.1. The summed E-state index contributed by atoms with van der Waals surface area (Å²) in [6, 6.07) is 5.75. The molecule has 2 atom stereocenters. The number of alkyl halides is 3. The van der Waals surface area contributed by atoms with Gasteiger partial charge in [0.2, 0.25) is 5.91 Å². The van der Waals surface area contributed by atoms with E-state index in [0.29, 0.717) is 0 Å². The number of rotatable bonds is 4. The number of benzene rings is 2. The van der Waals surface area contributed by atoms with Gasteiger partial charge in [-0.05, 0) is 43.0 Å². The molecule has 2 aromatic rings. The first-order valence-corrected chi connectivity index (χ1v) is 10.1. The monoisotopic (exact) mass is 441 g/mol. The minimum absolute atomic E-state index is 0.00466. The number of nitrogens with zero attached hydrogens (tertiary/aromatic N) is 1. The van der Waals surface area contributed by atoms with E-state index in [0.717, 1.165) is 23.1 Å². The van der Waals surface area contributed by atoms with Gasteiger partial charge in [0, 0.05) is 29.0 Å². The van der Waals surface area contributed by atoms with E-state index >= 15 is 4.39 Å². The summed E-state index contributed by atoms with van der Waals surface area (Å²) in [5.74, 6) is -8.01. The first kappa shape index (κ1) is 21.7. The maximum Gasteiger partial charge on any atom is 0.269 e. The Morgan fingerprint density at radius 3 is 2.48 bits per heavy atom. The third kappa shape index (κ3) is 3.92. The van der Waals surface area contributed by atoms with Crippen LogP contribution in [0.1, 0.15) is 25.3 Å². The average molecular weight is 441 g/mol. The van der Waals surface area contributed by atoms with Crippen LogP contribution in [0.3, 0.4) is 0 Å². The number of carbonyl (C=O) groups is 1. The molecule has 1 saturated heterocycles. The lowest BCUT2D eigenvalue weighted by Gasteiger charge is -2.35. The molecule has 0 spiro atoms. The van der Waals surface area contributed by atoms with Crippen LogP contribution in [-0.2, 0) is 11.2 Å². The molecule has 2 fully saturated rings. The molecule has 1 amide bonds. The highest BCUT2D eigenvalue weighted by atomic mass is 19.3. The van der Waals surface area contributed by atoms with Gasteiger partial charge >= 0.3 is 0 Å². The molecule has 1 heterocycles. The minimum Gasteiger partial charge on any atom is -0.333 e. The molecule has 4 rings (SSSR count). The molecule has 2 aliphatic rings. The van der Waals surface area contributed by atoms with Gasteiger partial charge < -0.3 is 4.90 Å². The normalized spacial score (nSPS) is 27.3. The van der Waals surface area contributed by atoms with E-state index < -0.39 is 59.9 Å². The van der Waals surface area contributed by atoms with Crippen LogP contribution >= 0.6 is 0 Å². The second-order valence-corrected chi connectivity index (χ2v) is 8.46. The fourth-order valence-corrected chi connectivity index (χ4v) is 4.43. The predicted octanol–water partition coefficient (Wildman–Crippen LogP) is 5.54. The zero-order chi connectivity index (χ0) is 22.5. The lowest BCUT2D eigenvalue weighted by atomic mass is 9.82. The Bertz CT molecular complexity index is 1000. The molecule has 1 aliphatic carbocycles. The fourth-order valence-electron chi connectivity index (χ4n) is 4.43. The Morgan fingerprint density at radius 2 is 1.81 bits per heavy atom. The average Bonchev–Trinajstić information content (AvgIpc) is 2.92. The zero-order valence-corrected chi connectivity index (χ0v) is 16.7. The van der Waals surface area contributed by atoms with Gasteiger partial charge in [-0.3, -0.25) is 4.79 Å². The van der Waals surface area contributed by atoms with Crippen LogP contribution < -0.4 is 0 Å². The van der Waals surface area contributed by atoms with Gasteiger partial charge in [0.1, 0.15) is 23.6 Å².